The third-order valence-electron chi connectivity index (χ3n) is 4.59. The molecular weight excluding hydrogens is 352 g/mol. The Balaban J connectivity index is 0.000000580. The molecule has 1 amide bonds. The average Bonchev–Trinajstić information content (AvgIpc) is 3.00. The Hall–Kier alpha value is -1.22. The number of likely N-dealkylation sites (tertiary alicyclic amines) is 1. The fourth-order valence-electron chi connectivity index (χ4n) is 3.00. The minimum absolute atomic E-state index is 0.00552. The van der Waals surface area contributed by atoms with Gasteiger partial charge in [0.15, 0.2) is 0 Å². The van der Waals surface area contributed by atoms with Crippen LogP contribution in [0.5, 0.6) is 0 Å². The van der Waals surface area contributed by atoms with Gasteiger partial charge in [-0.1, -0.05) is 39.0 Å². The number of rotatable bonds is 14. The number of aliphatic hydroxyl groups excluding tert-OH is 3. The number of unbranched alkanes of at least 4 members (excludes halogenated alkanes) is 5. The molecule has 0 aliphatic carbocycles. The molecular formula is C19H38N2O6. The van der Waals surface area contributed by atoms with Gasteiger partial charge in [-0.05, 0) is 6.42 Å². The van der Waals surface area contributed by atoms with Gasteiger partial charge in [0.2, 0.25) is 5.91 Å². The first kappa shape index (κ1) is 25.8. The molecule has 1 rings (SSSR count). The molecule has 1 unspecified atom stereocenters. The molecule has 1 aliphatic heterocycles. The average molecular weight is 391 g/mol. The van der Waals surface area contributed by atoms with Crippen molar-refractivity contribution in [3.63, 3.8) is 0 Å². The van der Waals surface area contributed by atoms with Crippen LogP contribution in [0, 0.1) is 5.92 Å². The van der Waals surface area contributed by atoms with Crippen LogP contribution in [0.25, 0.3) is 0 Å². The van der Waals surface area contributed by atoms with Gasteiger partial charge in [-0.25, -0.2) is 0 Å². The SMILES string of the molecule is CCCCCCCCN1CC(C(=O)O)CC1=O.OCCN(CCO)CCO. The summed E-state index contributed by atoms with van der Waals surface area (Å²) in [4.78, 5) is 25.8. The van der Waals surface area contributed by atoms with Crippen LogP contribution in [0.15, 0.2) is 0 Å². The van der Waals surface area contributed by atoms with Gasteiger partial charge in [0.1, 0.15) is 0 Å². The molecule has 8 heteroatoms. The number of amides is 1. The number of nitrogens with zero attached hydrogens (tertiary/aromatic N) is 2. The number of carbonyl (C=O) groups excluding carboxylic acids is 1. The minimum atomic E-state index is -0.844. The van der Waals surface area contributed by atoms with Gasteiger partial charge in [-0.2, -0.15) is 0 Å². The molecule has 4 N–H and O–H groups in total. The lowest BCUT2D eigenvalue weighted by Crippen LogP contribution is -2.32. The molecule has 1 aliphatic rings. The van der Waals surface area contributed by atoms with Crippen LogP contribution in [0.2, 0.25) is 0 Å². The van der Waals surface area contributed by atoms with E-state index in [9.17, 15) is 9.59 Å². The van der Waals surface area contributed by atoms with E-state index < -0.39 is 11.9 Å². The van der Waals surface area contributed by atoms with E-state index in [1.165, 1.54) is 25.7 Å². The first-order chi connectivity index (χ1) is 13.0. The Bertz CT molecular complexity index is 380. The maximum atomic E-state index is 11.5. The monoisotopic (exact) mass is 390 g/mol. The zero-order chi connectivity index (χ0) is 20.5. The fraction of sp³-hybridized carbons (Fsp3) is 0.895. The number of carboxylic acids is 1. The van der Waals surface area contributed by atoms with Gasteiger partial charge in [-0.3, -0.25) is 14.5 Å². The van der Waals surface area contributed by atoms with Crippen molar-refractivity contribution in [3.05, 3.63) is 0 Å². The molecule has 0 aromatic carbocycles. The zero-order valence-electron chi connectivity index (χ0n) is 16.7. The first-order valence-electron chi connectivity index (χ1n) is 10.1. The molecule has 0 aromatic heterocycles. The van der Waals surface area contributed by atoms with Gasteiger partial charge < -0.3 is 25.3 Å². The van der Waals surface area contributed by atoms with E-state index in [4.69, 9.17) is 20.4 Å². The largest absolute Gasteiger partial charge is 0.481 e. The molecule has 8 nitrogen and oxygen atoms in total. The highest BCUT2D eigenvalue weighted by Gasteiger charge is 2.33. The molecule has 0 bridgehead atoms. The van der Waals surface area contributed by atoms with E-state index in [2.05, 4.69) is 6.92 Å². The van der Waals surface area contributed by atoms with E-state index in [0.29, 0.717) is 26.2 Å². The van der Waals surface area contributed by atoms with Gasteiger partial charge in [0.25, 0.3) is 0 Å². The molecule has 0 aromatic rings. The number of carbonyl (C=O) groups is 2. The second kappa shape index (κ2) is 16.9. The normalized spacial score (nSPS) is 16.6. The summed E-state index contributed by atoms with van der Waals surface area (Å²) in [5.74, 6) is -1.32. The van der Waals surface area contributed by atoms with Crippen molar-refractivity contribution in [1.82, 2.24) is 9.80 Å². The van der Waals surface area contributed by atoms with Crippen molar-refractivity contribution in [3.8, 4) is 0 Å². The topological polar surface area (TPSA) is 122 Å². The standard InChI is InChI=1S/C13H23NO3.C6H15NO3/c1-2-3-4-5-6-7-8-14-10-11(13(16)17)9-12(14)15;8-4-1-7(2-5-9)3-6-10/h11H,2-10H2,1H3,(H,16,17);8-10H,1-6H2. The van der Waals surface area contributed by atoms with E-state index in [0.717, 1.165) is 19.4 Å². The molecule has 160 valence electrons. The highest BCUT2D eigenvalue weighted by Crippen LogP contribution is 2.18. The first-order valence-corrected chi connectivity index (χ1v) is 10.1. The smallest absolute Gasteiger partial charge is 0.308 e. The maximum Gasteiger partial charge on any atom is 0.308 e. The van der Waals surface area contributed by atoms with Crippen LogP contribution in [0.3, 0.4) is 0 Å². The van der Waals surface area contributed by atoms with Crippen molar-refractivity contribution in [2.24, 2.45) is 5.92 Å². The van der Waals surface area contributed by atoms with Crippen LogP contribution >= 0.6 is 0 Å². The van der Waals surface area contributed by atoms with E-state index >= 15 is 0 Å². The van der Waals surface area contributed by atoms with Crippen molar-refractivity contribution < 1.29 is 30.0 Å². The number of hydrogen-bond acceptors (Lipinski definition) is 6. The van der Waals surface area contributed by atoms with E-state index in [1.807, 2.05) is 0 Å². The lowest BCUT2D eigenvalue weighted by atomic mass is 10.1. The highest BCUT2D eigenvalue weighted by atomic mass is 16.4. The van der Waals surface area contributed by atoms with Crippen LogP contribution in [0.1, 0.15) is 51.9 Å². The zero-order valence-corrected chi connectivity index (χ0v) is 16.7. The molecule has 1 heterocycles. The van der Waals surface area contributed by atoms with Crippen molar-refractivity contribution in [1.29, 1.82) is 0 Å². The van der Waals surface area contributed by atoms with Crippen molar-refractivity contribution >= 4 is 11.9 Å². The summed E-state index contributed by atoms with van der Waals surface area (Å²) in [7, 11) is 0. The summed E-state index contributed by atoms with van der Waals surface area (Å²) in [6.07, 6.45) is 7.34. The molecule has 0 saturated carbocycles. The van der Waals surface area contributed by atoms with E-state index in [-0.39, 0.29) is 32.1 Å². The lowest BCUT2D eigenvalue weighted by molar-refractivity contribution is -0.141. The summed E-state index contributed by atoms with van der Waals surface area (Å²) in [6.45, 7) is 5.08. The maximum absolute atomic E-state index is 11.5. The molecule has 1 saturated heterocycles. The third kappa shape index (κ3) is 12.7. The Labute approximate surface area is 162 Å². The Kier molecular flexibility index (Phi) is 16.2. The van der Waals surface area contributed by atoms with Gasteiger partial charge >= 0.3 is 5.97 Å². The number of hydrogen-bond donors (Lipinski definition) is 4. The number of aliphatic carboxylic acids is 1. The summed E-state index contributed by atoms with van der Waals surface area (Å²) < 4.78 is 0. The second-order valence-electron chi connectivity index (χ2n) is 6.86. The summed E-state index contributed by atoms with van der Waals surface area (Å²) in [6, 6.07) is 0. The van der Waals surface area contributed by atoms with Crippen LogP contribution in [0.4, 0.5) is 0 Å². The molecule has 0 radical (unpaired) electrons. The Morgan fingerprint density at radius 3 is 1.96 bits per heavy atom. The second-order valence-corrected chi connectivity index (χ2v) is 6.86. The van der Waals surface area contributed by atoms with Gasteiger partial charge in [0, 0.05) is 39.1 Å². The predicted molar refractivity (Wildman–Crippen MR) is 103 cm³/mol. The molecule has 0 spiro atoms. The van der Waals surface area contributed by atoms with Crippen LogP contribution in [-0.4, -0.2) is 94.6 Å². The summed E-state index contributed by atoms with van der Waals surface area (Å²) in [5.41, 5.74) is 0. The molecule has 27 heavy (non-hydrogen) atoms. The third-order valence-corrected chi connectivity index (χ3v) is 4.59. The number of aliphatic hydroxyl groups is 3. The van der Waals surface area contributed by atoms with Crippen molar-refractivity contribution in [2.45, 2.75) is 51.9 Å². The van der Waals surface area contributed by atoms with Gasteiger partial charge in [-0.15, -0.1) is 0 Å². The van der Waals surface area contributed by atoms with Crippen LogP contribution < -0.4 is 0 Å². The minimum Gasteiger partial charge on any atom is -0.481 e. The van der Waals surface area contributed by atoms with Crippen LogP contribution in [-0.2, 0) is 9.59 Å². The quantitative estimate of drug-likeness (QED) is 0.320. The highest BCUT2D eigenvalue weighted by molar-refractivity contribution is 5.86. The predicted octanol–water partition coefficient (Wildman–Crippen LogP) is 0.545. The molecule has 1 fully saturated rings. The summed E-state index contributed by atoms with van der Waals surface area (Å²) >= 11 is 0. The molecule has 1 atom stereocenters. The van der Waals surface area contributed by atoms with Gasteiger partial charge in [0.05, 0.1) is 25.7 Å². The fourth-order valence-corrected chi connectivity index (χ4v) is 3.00. The van der Waals surface area contributed by atoms with E-state index in [1.54, 1.807) is 9.80 Å². The van der Waals surface area contributed by atoms with Crippen molar-refractivity contribution in [2.75, 3.05) is 52.5 Å². The number of carboxylic acid groups (broad SMARTS) is 1. The Morgan fingerprint density at radius 1 is 1.00 bits per heavy atom. The Morgan fingerprint density at radius 2 is 1.52 bits per heavy atom. The summed E-state index contributed by atoms with van der Waals surface area (Å²) in [5, 5.41) is 34.3. The lowest BCUT2D eigenvalue weighted by Gasteiger charge is -2.17.